The van der Waals surface area contributed by atoms with Gasteiger partial charge in [0.05, 0.1) is 10.9 Å². The molecule has 2 N–H and O–H groups in total. The molecule has 5 nitrogen and oxygen atoms in total. The maximum Gasteiger partial charge on any atom is 0.261 e. The maximum absolute atomic E-state index is 12.7. The van der Waals surface area contributed by atoms with Crippen molar-refractivity contribution in [2.24, 2.45) is 0 Å². The Kier molecular flexibility index (Phi) is 6.81. The van der Waals surface area contributed by atoms with Gasteiger partial charge in [-0.15, -0.1) is 0 Å². The molecule has 31 heavy (non-hydrogen) atoms. The van der Waals surface area contributed by atoms with Crippen LogP contribution in [-0.4, -0.2) is 14.3 Å². The summed E-state index contributed by atoms with van der Waals surface area (Å²) in [5.41, 5.74) is 5.34. The van der Waals surface area contributed by atoms with Gasteiger partial charge in [0.15, 0.2) is 0 Å². The minimum absolute atomic E-state index is 0.0912. The summed E-state index contributed by atoms with van der Waals surface area (Å²) >= 11 is 0. The van der Waals surface area contributed by atoms with Gasteiger partial charge in [-0.3, -0.25) is 9.52 Å². The molecule has 0 radical (unpaired) electrons. The number of amides is 1. The monoisotopic (exact) mass is 436 g/mol. The molecular formula is C25H28N2O3S. The Bertz CT molecular complexity index is 1170. The molecule has 3 rings (SSSR count). The van der Waals surface area contributed by atoms with Crippen molar-refractivity contribution < 1.29 is 13.2 Å². The predicted octanol–water partition coefficient (Wildman–Crippen LogP) is 5.29. The molecule has 0 aliphatic rings. The van der Waals surface area contributed by atoms with Gasteiger partial charge in [-0.25, -0.2) is 8.42 Å². The van der Waals surface area contributed by atoms with E-state index in [2.05, 4.69) is 36.0 Å². The van der Waals surface area contributed by atoms with Crippen LogP contribution in [0.4, 0.5) is 5.69 Å². The Hall–Kier alpha value is -3.12. The lowest BCUT2D eigenvalue weighted by Crippen LogP contribution is -2.28. The van der Waals surface area contributed by atoms with E-state index in [9.17, 15) is 13.2 Å². The van der Waals surface area contributed by atoms with Crippen LogP contribution in [-0.2, 0) is 10.0 Å². The maximum atomic E-state index is 12.7. The van der Waals surface area contributed by atoms with Crippen LogP contribution in [0.1, 0.15) is 52.0 Å². The summed E-state index contributed by atoms with van der Waals surface area (Å²) < 4.78 is 27.6. The number of aryl methyl sites for hydroxylation is 3. The topological polar surface area (TPSA) is 75.3 Å². The number of nitrogens with one attached hydrogen (secondary N) is 2. The summed E-state index contributed by atoms with van der Waals surface area (Å²) in [6.07, 6.45) is 0.767. The first-order valence-corrected chi connectivity index (χ1v) is 11.8. The largest absolute Gasteiger partial charge is 0.345 e. The number of carbonyl (C=O) groups is 1. The van der Waals surface area contributed by atoms with E-state index in [1.54, 1.807) is 48.5 Å². The molecule has 0 aliphatic carbocycles. The van der Waals surface area contributed by atoms with E-state index < -0.39 is 10.0 Å². The lowest BCUT2D eigenvalue weighted by molar-refractivity contribution is 0.0935. The molecule has 3 aromatic rings. The van der Waals surface area contributed by atoms with E-state index in [-0.39, 0.29) is 16.8 Å². The van der Waals surface area contributed by atoms with Gasteiger partial charge in [0, 0.05) is 11.3 Å². The quantitative estimate of drug-likeness (QED) is 0.528. The summed E-state index contributed by atoms with van der Waals surface area (Å²) in [5.74, 6) is -0.196. The second-order valence-corrected chi connectivity index (χ2v) is 9.46. The molecule has 0 unspecified atom stereocenters. The smallest absolute Gasteiger partial charge is 0.261 e. The molecule has 0 saturated heterocycles. The number of carbonyl (C=O) groups excluding carboxylic acids is 1. The first kappa shape index (κ1) is 22.6. The van der Waals surface area contributed by atoms with E-state index in [0.717, 1.165) is 17.5 Å². The van der Waals surface area contributed by atoms with Crippen molar-refractivity contribution in [1.82, 2.24) is 5.32 Å². The molecule has 0 spiro atoms. The molecule has 0 saturated carbocycles. The van der Waals surface area contributed by atoms with Crippen molar-refractivity contribution >= 4 is 21.6 Å². The standard InChI is InChI=1S/C25H28N2O3S/c1-5-24(21-9-8-18(3)19(4)16-21)26-25(28)20-10-12-22(13-11-20)27-31(29,30)23-14-6-17(2)7-15-23/h6-16,24,27H,5H2,1-4H3,(H,26,28)/t24-/m0/s1. The third-order valence-corrected chi connectivity index (χ3v) is 6.77. The molecule has 0 aromatic heterocycles. The van der Waals surface area contributed by atoms with Crippen LogP contribution < -0.4 is 10.0 Å². The summed E-state index contributed by atoms with van der Waals surface area (Å²) in [7, 11) is -3.68. The van der Waals surface area contributed by atoms with E-state index in [4.69, 9.17) is 0 Å². The average molecular weight is 437 g/mol. The minimum atomic E-state index is -3.68. The van der Waals surface area contributed by atoms with Crippen LogP contribution in [0.2, 0.25) is 0 Å². The van der Waals surface area contributed by atoms with Gasteiger partial charge in [0.25, 0.3) is 15.9 Å². The normalized spacial score (nSPS) is 12.3. The first-order chi connectivity index (χ1) is 14.7. The van der Waals surface area contributed by atoms with Crippen molar-refractivity contribution in [3.05, 3.63) is 94.5 Å². The third kappa shape index (κ3) is 5.52. The zero-order chi connectivity index (χ0) is 22.6. The fraction of sp³-hybridized carbons (Fsp3) is 0.240. The number of benzene rings is 3. The fourth-order valence-corrected chi connectivity index (χ4v) is 4.32. The fourth-order valence-electron chi connectivity index (χ4n) is 3.27. The van der Waals surface area contributed by atoms with Crippen LogP contribution in [0, 0.1) is 20.8 Å². The van der Waals surface area contributed by atoms with Crippen molar-refractivity contribution in [3.8, 4) is 0 Å². The van der Waals surface area contributed by atoms with E-state index >= 15 is 0 Å². The first-order valence-electron chi connectivity index (χ1n) is 10.3. The lowest BCUT2D eigenvalue weighted by atomic mass is 9.99. The Labute approximate surface area is 184 Å². The van der Waals surface area contributed by atoms with E-state index in [0.29, 0.717) is 11.3 Å². The second-order valence-electron chi connectivity index (χ2n) is 7.77. The highest BCUT2D eigenvalue weighted by Gasteiger charge is 2.16. The van der Waals surface area contributed by atoms with Crippen molar-refractivity contribution in [1.29, 1.82) is 0 Å². The summed E-state index contributed by atoms with van der Waals surface area (Å²) in [4.78, 5) is 12.9. The third-order valence-electron chi connectivity index (χ3n) is 5.38. The highest BCUT2D eigenvalue weighted by molar-refractivity contribution is 7.92. The van der Waals surface area contributed by atoms with Crippen molar-refractivity contribution in [2.75, 3.05) is 4.72 Å². The molecule has 1 amide bonds. The molecule has 0 heterocycles. The van der Waals surface area contributed by atoms with Gasteiger partial charge >= 0.3 is 0 Å². The molecule has 0 aliphatic heterocycles. The Morgan fingerprint density at radius 2 is 1.52 bits per heavy atom. The van der Waals surface area contributed by atoms with Gasteiger partial charge in [-0.05, 0) is 80.3 Å². The summed E-state index contributed by atoms with van der Waals surface area (Å²) in [6, 6.07) is 19.2. The van der Waals surface area contributed by atoms with Crippen LogP contribution in [0.25, 0.3) is 0 Å². The Balaban J connectivity index is 1.70. The number of sulfonamides is 1. The highest BCUT2D eigenvalue weighted by Crippen LogP contribution is 2.21. The molecule has 0 fully saturated rings. The Morgan fingerprint density at radius 3 is 2.10 bits per heavy atom. The molecule has 162 valence electrons. The minimum Gasteiger partial charge on any atom is -0.345 e. The van der Waals surface area contributed by atoms with Crippen molar-refractivity contribution in [3.63, 3.8) is 0 Å². The number of rotatable bonds is 7. The van der Waals surface area contributed by atoms with Gasteiger partial charge in [0.2, 0.25) is 0 Å². The zero-order valence-corrected chi connectivity index (χ0v) is 19.1. The van der Waals surface area contributed by atoms with Gasteiger partial charge < -0.3 is 5.32 Å². The van der Waals surface area contributed by atoms with Gasteiger partial charge in [-0.1, -0.05) is 42.8 Å². The van der Waals surface area contributed by atoms with Crippen LogP contribution >= 0.6 is 0 Å². The second kappa shape index (κ2) is 9.35. The number of hydrogen-bond acceptors (Lipinski definition) is 3. The molecule has 3 aromatic carbocycles. The van der Waals surface area contributed by atoms with Crippen LogP contribution in [0.15, 0.2) is 71.6 Å². The zero-order valence-electron chi connectivity index (χ0n) is 18.3. The predicted molar refractivity (Wildman–Crippen MR) is 125 cm³/mol. The SMILES string of the molecule is CC[C@H](NC(=O)c1ccc(NS(=O)(=O)c2ccc(C)cc2)cc1)c1ccc(C)c(C)c1. The average Bonchev–Trinajstić information content (AvgIpc) is 2.74. The molecule has 1 atom stereocenters. The molecule has 0 bridgehead atoms. The molecular weight excluding hydrogens is 408 g/mol. The lowest BCUT2D eigenvalue weighted by Gasteiger charge is -2.19. The number of hydrogen-bond donors (Lipinski definition) is 2. The van der Waals surface area contributed by atoms with Crippen LogP contribution in [0.3, 0.4) is 0 Å². The Morgan fingerprint density at radius 1 is 0.871 bits per heavy atom. The highest BCUT2D eigenvalue weighted by atomic mass is 32.2. The van der Waals surface area contributed by atoms with Crippen LogP contribution in [0.5, 0.6) is 0 Å². The van der Waals surface area contributed by atoms with E-state index in [1.807, 2.05) is 19.9 Å². The van der Waals surface area contributed by atoms with Gasteiger partial charge in [0.1, 0.15) is 0 Å². The van der Waals surface area contributed by atoms with E-state index in [1.165, 1.54) is 11.1 Å². The summed E-state index contributed by atoms with van der Waals surface area (Å²) in [6.45, 7) is 8.05. The summed E-state index contributed by atoms with van der Waals surface area (Å²) in [5, 5.41) is 3.07. The van der Waals surface area contributed by atoms with Crippen molar-refractivity contribution in [2.45, 2.75) is 45.1 Å². The van der Waals surface area contributed by atoms with Gasteiger partial charge in [-0.2, -0.15) is 0 Å². The number of anilines is 1. The molecule has 6 heteroatoms.